The third-order valence-electron chi connectivity index (χ3n) is 4.89. The van der Waals surface area contributed by atoms with E-state index in [4.69, 9.17) is 0 Å². The zero-order chi connectivity index (χ0) is 13.5. The standard InChI is InChI=1S/C15H22N2O2/c18-10-16-5-3-1-2-4-13-6-12-7-14(9-17-11-19)15(13)8-12/h12-15H,1-9H2. The number of nitrogens with zero attached hydrogens (tertiary/aromatic N) is 2. The number of hydrogen-bond donors (Lipinski definition) is 0. The molecule has 0 aromatic rings. The lowest BCUT2D eigenvalue weighted by Gasteiger charge is -2.28. The van der Waals surface area contributed by atoms with E-state index in [2.05, 4.69) is 9.98 Å². The lowest BCUT2D eigenvalue weighted by molar-refractivity contribution is 0.227. The minimum atomic E-state index is 0.622. The van der Waals surface area contributed by atoms with Crippen molar-refractivity contribution in [2.45, 2.75) is 44.9 Å². The van der Waals surface area contributed by atoms with Crippen molar-refractivity contribution in [3.05, 3.63) is 0 Å². The van der Waals surface area contributed by atoms with Crippen LogP contribution in [-0.4, -0.2) is 25.2 Å². The molecule has 104 valence electrons. The van der Waals surface area contributed by atoms with E-state index in [9.17, 15) is 9.59 Å². The first-order chi connectivity index (χ1) is 9.35. The predicted octanol–water partition coefficient (Wildman–Crippen LogP) is 2.88. The molecule has 0 aliphatic heterocycles. The van der Waals surface area contributed by atoms with Crippen LogP contribution in [0.25, 0.3) is 0 Å². The lowest BCUT2D eigenvalue weighted by Crippen LogP contribution is -2.22. The van der Waals surface area contributed by atoms with E-state index in [0.717, 1.165) is 30.6 Å². The number of carbonyl (C=O) groups excluding carboxylic acids is 2. The average molecular weight is 262 g/mol. The smallest absolute Gasteiger partial charge is 0.211 e. The summed E-state index contributed by atoms with van der Waals surface area (Å²) in [6.07, 6.45) is 11.9. The van der Waals surface area contributed by atoms with Gasteiger partial charge in [0.2, 0.25) is 12.2 Å². The van der Waals surface area contributed by atoms with Crippen LogP contribution in [0.5, 0.6) is 0 Å². The highest BCUT2D eigenvalue weighted by Crippen LogP contribution is 2.53. The summed E-state index contributed by atoms with van der Waals surface area (Å²) in [6, 6.07) is 0. The number of fused-ring (bicyclic) bond motifs is 2. The topological polar surface area (TPSA) is 58.9 Å². The molecule has 2 rings (SSSR count). The van der Waals surface area contributed by atoms with Gasteiger partial charge in [-0.15, -0.1) is 0 Å². The highest BCUT2D eigenvalue weighted by Gasteiger charge is 2.45. The Hall–Kier alpha value is -1.24. The monoisotopic (exact) mass is 262 g/mol. The fourth-order valence-corrected chi connectivity index (χ4v) is 4.17. The molecule has 4 unspecified atom stereocenters. The number of unbranched alkanes of at least 4 members (excludes halogenated alkanes) is 2. The number of rotatable bonds is 8. The first-order valence-corrected chi connectivity index (χ1v) is 7.42. The largest absolute Gasteiger partial charge is 0.234 e. The fourth-order valence-electron chi connectivity index (χ4n) is 4.17. The first kappa shape index (κ1) is 14.2. The van der Waals surface area contributed by atoms with Crippen LogP contribution < -0.4 is 0 Å². The summed E-state index contributed by atoms with van der Waals surface area (Å²) in [5.41, 5.74) is 0. The summed E-state index contributed by atoms with van der Waals surface area (Å²) in [5, 5.41) is 0. The average Bonchev–Trinajstić information content (AvgIpc) is 3.00. The van der Waals surface area contributed by atoms with Crippen LogP contribution in [0.15, 0.2) is 9.98 Å². The summed E-state index contributed by atoms with van der Waals surface area (Å²) in [6.45, 7) is 1.31. The van der Waals surface area contributed by atoms with Gasteiger partial charge in [-0.2, -0.15) is 0 Å². The highest BCUT2D eigenvalue weighted by molar-refractivity contribution is 5.33. The van der Waals surface area contributed by atoms with Gasteiger partial charge >= 0.3 is 0 Å². The van der Waals surface area contributed by atoms with Gasteiger partial charge in [0.25, 0.3) is 0 Å². The SMILES string of the molecule is O=C=NCCCCCC1CC2CC(CN=C=O)C1C2. The van der Waals surface area contributed by atoms with Crippen molar-refractivity contribution in [1.82, 2.24) is 0 Å². The van der Waals surface area contributed by atoms with Crippen molar-refractivity contribution in [2.24, 2.45) is 33.7 Å². The van der Waals surface area contributed by atoms with Gasteiger partial charge in [0.15, 0.2) is 0 Å². The highest BCUT2D eigenvalue weighted by atomic mass is 16.1. The Kier molecular flexibility index (Phi) is 5.50. The van der Waals surface area contributed by atoms with E-state index < -0.39 is 0 Å². The lowest BCUT2D eigenvalue weighted by atomic mass is 9.78. The molecule has 0 amide bonds. The third kappa shape index (κ3) is 3.86. The van der Waals surface area contributed by atoms with Gasteiger partial charge in [-0.3, -0.25) is 0 Å². The summed E-state index contributed by atoms with van der Waals surface area (Å²) in [7, 11) is 0. The Labute approximate surface area is 114 Å². The van der Waals surface area contributed by atoms with Crippen LogP contribution in [0.4, 0.5) is 0 Å². The van der Waals surface area contributed by atoms with E-state index >= 15 is 0 Å². The predicted molar refractivity (Wildman–Crippen MR) is 72.3 cm³/mol. The zero-order valence-electron chi connectivity index (χ0n) is 11.4. The second kappa shape index (κ2) is 7.37. The Morgan fingerprint density at radius 1 is 0.895 bits per heavy atom. The van der Waals surface area contributed by atoms with Crippen LogP contribution in [0, 0.1) is 23.7 Å². The molecule has 2 aliphatic rings. The molecule has 4 nitrogen and oxygen atoms in total. The number of isocyanates is 2. The van der Waals surface area contributed by atoms with E-state index in [0.29, 0.717) is 19.0 Å². The maximum Gasteiger partial charge on any atom is 0.234 e. The fraction of sp³-hybridized carbons (Fsp3) is 0.867. The summed E-state index contributed by atoms with van der Waals surface area (Å²) in [5.74, 6) is 3.13. The molecule has 19 heavy (non-hydrogen) atoms. The van der Waals surface area contributed by atoms with Crippen LogP contribution in [0.2, 0.25) is 0 Å². The molecular formula is C15H22N2O2. The van der Waals surface area contributed by atoms with Crippen molar-refractivity contribution in [1.29, 1.82) is 0 Å². The van der Waals surface area contributed by atoms with Crippen molar-refractivity contribution in [2.75, 3.05) is 13.1 Å². The number of hydrogen-bond acceptors (Lipinski definition) is 4. The van der Waals surface area contributed by atoms with Crippen molar-refractivity contribution in [3.8, 4) is 0 Å². The second-order valence-electron chi connectivity index (χ2n) is 6.01. The molecular weight excluding hydrogens is 240 g/mol. The van der Waals surface area contributed by atoms with Gasteiger partial charge in [0, 0.05) is 0 Å². The maximum absolute atomic E-state index is 10.2. The molecule has 0 spiro atoms. The van der Waals surface area contributed by atoms with Crippen LogP contribution in [-0.2, 0) is 9.59 Å². The quantitative estimate of drug-likeness (QED) is 0.383. The third-order valence-corrected chi connectivity index (χ3v) is 4.89. The Bertz CT molecular complexity index is 384. The maximum atomic E-state index is 10.2. The minimum Gasteiger partial charge on any atom is -0.211 e. The molecule has 0 radical (unpaired) electrons. The van der Waals surface area contributed by atoms with Gasteiger partial charge in [-0.05, 0) is 49.4 Å². The summed E-state index contributed by atoms with van der Waals surface area (Å²) < 4.78 is 0. The van der Waals surface area contributed by atoms with E-state index in [-0.39, 0.29) is 0 Å². The van der Waals surface area contributed by atoms with E-state index in [1.165, 1.54) is 32.1 Å². The molecule has 0 aromatic heterocycles. The molecule has 2 saturated carbocycles. The second-order valence-corrected chi connectivity index (χ2v) is 6.01. The molecule has 0 aromatic carbocycles. The summed E-state index contributed by atoms with van der Waals surface area (Å²) >= 11 is 0. The van der Waals surface area contributed by atoms with E-state index in [1.807, 2.05) is 0 Å². The Morgan fingerprint density at radius 3 is 2.42 bits per heavy atom. The Balaban J connectivity index is 1.67. The van der Waals surface area contributed by atoms with Gasteiger partial charge in [0.1, 0.15) is 0 Å². The van der Waals surface area contributed by atoms with Crippen LogP contribution >= 0.6 is 0 Å². The summed E-state index contributed by atoms with van der Waals surface area (Å²) in [4.78, 5) is 27.5. The molecule has 2 aliphatic carbocycles. The van der Waals surface area contributed by atoms with Crippen molar-refractivity contribution < 1.29 is 9.59 Å². The minimum absolute atomic E-state index is 0.622. The van der Waals surface area contributed by atoms with Crippen molar-refractivity contribution in [3.63, 3.8) is 0 Å². The molecule has 4 heteroatoms. The molecule has 0 N–H and O–H groups in total. The normalized spacial score (nSPS) is 31.8. The first-order valence-electron chi connectivity index (χ1n) is 7.42. The molecule has 0 saturated heterocycles. The van der Waals surface area contributed by atoms with Gasteiger partial charge < -0.3 is 0 Å². The molecule has 2 fully saturated rings. The molecule has 4 atom stereocenters. The van der Waals surface area contributed by atoms with Crippen molar-refractivity contribution >= 4 is 12.2 Å². The molecule has 0 heterocycles. The zero-order valence-corrected chi connectivity index (χ0v) is 11.4. The molecule has 2 bridgehead atoms. The van der Waals surface area contributed by atoms with Gasteiger partial charge in [-0.1, -0.05) is 19.3 Å². The van der Waals surface area contributed by atoms with Gasteiger partial charge in [0.05, 0.1) is 13.1 Å². The van der Waals surface area contributed by atoms with Crippen LogP contribution in [0.1, 0.15) is 44.9 Å². The van der Waals surface area contributed by atoms with E-state index in [1.54, 1.807) is 12.2 Å². The van der Waals surface area contributed by atoms with Gasteiger partial charge in [-0.25, -0.2) is 19.6 Å². The Morgan fingerprint density at radius 2 is 1.68 bits per heavy atom. The van der Waals surface area contributed by atoms with Crippen LogP contribution in [0.3, 0.4) is 0 Å². The number of aliphatic imine (C=N–C) groups is 2.